The number of aliphatic hydroxyl groups excluding tert-OH is 1. The van der Waals surface area contributed by atoms with Gasteiger partial charge in [-0.15, -0.1) is 0 Å². The number of nitrogens with zero attached hydrogens (tertiary/aromatic N) is 2. The van der Waals surface area contributed by atoms with Crippen molar-refractivity contribution in [2.75, 3.05) is 18.4 Å². The predicted octanol–water partition coefficient (Wildman–Crippen LogP) is 3.01. The van der Waals surface area contributed by atoms with Crippen molar-refractivity contribution >= 4 is 11.4 Å². The van der Waals surface area contributed by atoms with Crippen molar-refractivity contribution in [2.45, 2.75) is 25.6 Å². The van der Waals surface area contributed by atoms with Gasteiger partial charge >= 0.3 is 0 Å². The van der Waals surface area contributed by atoms with Crippen LogP contribution in [0.2, 0.25) is 0 Å². The summed E-state index contributed by atoms with van der Waals surface area (Å²) in [6, 6.07) is 21.6. The third kappa shape index (κ3) is 4.50. The van der Waals surface area contributed by atoms with E-state index in [0.29, 0.717) is 13.1 Å². The molecule has 0 unspecified atom stereocenters. The highest BCUT2D eigenvalue weighted by Gasteiger charge is 2.18. The molecular weight excluding hydrogens is 350 g/mol. The number of hydrogen-bond donors (Lipinski definition) is 2. The second kappa shape index (κ2) is 8.42. The summed E-state index contributed by atoms with van der Waals surface area (Å²) in [5.41, 5.74) is 4.28. The maximum absolute atomic E-state index is 12.4. The molecule has 4 rings (SSSR count). The molecule has 2 heterocycles. The zero-order chi connectivity index (χ0) is 19.3. The molecule has 0 amide bonds. The predicted molar refractivity (Wildman–Crippen MR) is 112 cm³/mol. The van der Waals surface area contributed by atoms with Crippen molar-refractivity contribution in [3.63, 3.8) is 0 Å². The number of β-amino-alcohol motifs (C(OH)–C–C–N with tert-alkyl or cyclic N) is 1. The fourth-order valence-electron chi connectivity index (χ4n) is 3.72. The van der Waals surface area contributed by atoms with E-state index in [1.54, 1.807) is 16.8 Å². The monoisotopic (exact) mass is 375 g/mol. The SMILES string of the molecule is O=c1cc(Nc2ccccc2)ccn1C[C@@H](O)CN1CCc2ccccc2C1. The Hall–Kier alpha value is -2.89. The molecule has 0 spiro atoms. The normalized spacial score (nSPS) is 15.0. The van der Waals surface area contributed by atoms with Crippen LogP contribution in [0.5, 0.6) is 0 Å². The van der Waals surface area contributed by atoms with Crippen LogP contribution in [-0.4, -0.2) is 33.8 Å². The van der Waals surface area contributed by atoms with Crippen LogP contribution < -0.4 is 10.9 Å². The number of nitrogens with one attached hydrogen (secondary N) is 1. The summed E-state index contributed by atoms with van der Waals surface area (Å²) in [4.78, 5) is 14.7. The van der Waals surface area contributed by atoms with Gasteiger partial charge in [-0.3, -0.25) is 9.69 Å². The largest absolute Gasteiger partial charge is 0.390 e. The van der Waals surface area contributed by atoms with Crippen LogP contribution in [0.1, 0.15) is 11.1 Å². The molecule has 1 atom stereocenters. The fraction of sp³-hybridized carbons (Fsp3) is 0.261. The molecule has 2 aromatic carbocycles. The Morgan fingerprint density at radius 1 is 0.929 bits per heavy atom. The van der Waals surface area contributed by atoms with Gasteiger partial charge < -0.3 is 15.0 Å². The van der Waals surface area contributed by atoms with E-state index in [2.05, 4.69) is 34.5 Å². The van der Waals surface area contributed by atoms with Crippen molar-refractivity contribution in [1.82, 2.24) is 9.47 Å². The van der Waals surface area contributed by atoms with Crippen LogP contribution in [0, 0.1) is 0 Å². The molecule has 0 radical (unpaired) electrons. The van der Waals surface area contributed by atoms with Gasteiger partial charge in [0, 0.05) is 43.3 Å². The van der Waals surface area contributed by atoms with Gasteiger partial charge in [-0.05, 0) is 35.7 Å². The molecule has 0 aliphatic carbocycles. The van der Waals surface area contributed by atoms with Crippen molar-refractivity contribution in [3.8, 4) is 0 Å². The number of aromatic nitrogens is 1. The van der Waals surface area contributed by atoms with Crippen molar-refractivity contribution < 1.29 is 5.11 Å². The zero-order valence-corrected chi connectivity index (χ0v) is 15.8. The van der Waals surface area contributed by atoms with E-state index >= 15 is 0 Å². The smallest absolute Gasteiger partial charge is 0.252 e. The first-order valence-corrected chi connectivity index (χ1v) is 9.67. The lowest BCUT2D eigenvalue weighted by molar-refractivity contribution is 0.0910. The molecule has 1 aliphatic rings. The summed E-state index contributed by atoms with van der Waals surface area (Å²) in [5, 5.41) is 13.7. The summed E-state index contributed by atoms with van der Waals surface area (Å²) < 4.78 is 1.57. The minimum atomic E-state index is -0.587. The molecule has 0 saturated heterocycles. The lowest BCUT2D eigenvalue weighted by atomic mass is 10.00. The number of anilines is 2. The maximum Gasteiger partial charge on any atom is 0.252 e. The Kier molecular flexibility index (Phi) is 5.55. The Bertz CT molecular complexity index is 984. The number of aliphatic hydroxyl groups is 1. The van der Waals surface area contributed by atoms with Gasteiger partial charge in [0.1, 0.15) is 0 Å². The quantitative estimate of drug-likeness (QED) is 0.695. The molecule has 5 heteroatoms. The summed E-state index contributed by atoms with van der Waals surface area (Å²) in [6.45, 7) is 2.64. The number of pyridine rings is 1. The van der Waals surface area contributed by atoms with Crippen LogP contribution >= 0.6 is 0 Å². The number of fused-ring (bicyclic) bond motifs is 1. The standard InChI is InChI=1S/C23H25N3O2/c27-22(16-25-12-10-18-6-4-5-7-19(18)15-25)17-26-13-11-21(14-23(26)28)24-20-8-2-1-3-9-20/h1-9,11,13-14,22,24,27H,10,12,15-17H2/t22-/m0/s1. The molecule has 0 bridgehead atoms. The summed E-state index contributed by atoms with van der Waals surface area (Å²) >= 11 is 0. The van der Waals surface area contributed by atoms with Gasteiger partial charge in [-0.1, -0.05) is 42.5 Å². The number of benzene rings is 2. The molecule has 1 aliphatic heterocycles. The third-order valence-electron chi connectivity index (χ3n) is 5.14. The second-order valence-corrected chi connectivity index (χ2v) is 7.30. The van der Waals surface area contributed by atoms with E-state index in [-0.39, 0.29) is 5.56 Å². The molecule has 1 aromatic heterocycles. The molecule has 3 aromatic rings. The minimum Gasteiger partial charge on any atom is -0.390 e. The summed E-state index contributed by atoms with van der Waals surface area (Å²) in [5.74, 6) is 0. The van der Waals surface area contributed by atoms with Gasteiger partial charge in [0.05, 0.1) is 12.6 Å². The van der Waals surface area contributed by atoms with E-state index in [1.807, 2.05) is 36.4 Å². The second-order valence-electron chi connectivity index (χ2n) is 7.30. The van der Waals surface area contributed by atoms with E-state index in [9.17, 15) is 9.90 Å². The number of para-hydroxylation sites is 1. The van der Waals surface area contributed by atoms with Crippen molar-refractivity contribution in [3.05, 3.63) is 94.4 Å². The molecule has 5 nitrogen and oxygen atoms in total. The van der Waals surface area contributed by atoms with Gasteiger partial charge in [-0.2, -0.15) is 0 Å². The minimum absolute atomic E-state index is 0.121. The van der Waals surface area contributed by atoms with Crippen LogP contribution in [0.15, 0.2) is 77.7 Å². The highest BCUT2D eigenvalue weighted by molar-refractivity contribution is 5.58. The highest BCUT2D eigenvalue weighted by atomic mass is 16.3. The average molecular weight is 375 g/mol. The Balaban J connectivity index is 1.36. The Morgan fingerprint density at radius 3 is 2.46 bits per heavy atom. The van der Waals surface area contributed by atoms with Gasteiger partial charge in [0.25, 0.3) is 5.56 Å². The lowest BCUT2D eigenvalue weighted by Gasteiger charge is -2.30. The van der Waals surface area contributed by atoms with Crippen LogP contribution in [-0.2, 0) is 19.5 Å². The highest BCUT2D eigenvalue weighted by Crippen LogP contribution is 2.19. The van der Waals surface area contributed by atoms with Crippen LogP contribution in [0.4, 0.5) is 11.4 Å². The first kappa shape index (κ1) is 18.5. The first-order chi connectivity index (χ1) is 13.7. The molecule has 144 valence electrons. The Labute approximate surface area is 164 Å². The number of rotatable bonds is 6. The van der Waals surface area contributed by atoms with Gasteiger partial charge in [-0.25, -0.2) is 0 Å². The van der Waals surface area contributed by atoms with E-state index in [1.165, 1.54) is 11.1 Å². The fourth-order valence-corrected chi connectivity index (χ4v) is 3.72. The van der Waals surface area contributed by atoms with E-state index in [0.717, 1.165) is 30.9 Å². The van der Waals surface area contributed by atoms with Crippen LogP contribution in [0.25, 0.3) is 0 Å². The molecule has 28 heavy (non-hydrogen) atoms. The Morgan fingerprint density at radius 2 is 1.68 bits per heavy atom. The summed E-state index contributed by atoms with van der Waals surface area (Å²) in [6.07, 6.45) is 2.15. The van der Waals surface area contributed by atoms with Gasteiger partial charge in [0.15, 0.2) is 0 Å². The molecule has 2 N–H and O–H groups in total. The topological polar surface area (TPSA) is 57.5 Å². The lowest BCUT2D eigenvalue weighted by Crippen LogP contribution is -2.39. The van der Waals surface area contributed by atoms with E-state index < -0.39 is 6.10 Å². The van der Waals surface area contributed by atoms with E-state index in [4.69, 9.17) is 0 Å². The van der Waals surface area contributed by atoms with Crippen molar-refractivity contribution in [2.24, 2.45) is 0 Å². The third-order valence-corrected chi connectivity index (χ3v) is 5.14. The average Bonchev–Trinajstić information content (AvgIpc) is 2.71. The maximum atomic E-state index is 12.4. The first-order valence-electron chi connectivity index (χ1n) is 9.67. The zero-order valence-electron chi connectivity index (χ0n) is 15.8. The molecular formula is C23H25N3O2. The van der Waals surface area contributed by atoms with Gasteiger partial charge in [0.2, 0.25) is 0 Å². The molecule has 0 saturated carbocycles. The van der Waals surface area contributed by atoms with Crippen molar-refractivity contribution in [1.29, 1.82) is 0 Å². The molecule has 0 fully saturated rings. The van der Waals surface area contributed by atoms with Crippen LogP contribution in [0.3, 0.4) is 0 Å². The summed E-state index contributed by atoms with van der Waals surface area (Å²) in [7, 11) is 0. The number of hydrogen-bond acceptors (Lipinski definition) is 4.